The van der Waals surface area contributed by atoms with Crippen molar-refractivity contribution in [1.82, 2.24) is 0 Å². The molecule has 5 heteroatoms. The Kier molecular flexibility index (Phi) is 3.99. The third-order valence-electron chi connectivity index (χ3n) is 2.15. The summed E-state index contributed by atoms with van der Waals surface area (Å²) in [6.07, 6.45) is 0.855. The van der Waals surface area contributed by atoms with Gasteiger partial charge in [0.15, 0.2) is 0 Å². The van der Waals surface area contributed by atoms with Crippen molar-refractivity contribution in [3.05, 3.63) is 33.9 Å². The fourth-order valence-electron chi connectivity index (χ4n) is 1.25. The molecule has 1 aromatic carbocycles. The molecule has 16 heavy (non-hydrogen) atoms. The van der Waals surface area contributed by atoms with Crippen molar-refractivity contribution in [1.29, 1.82) is 0 Å². The van der Waals surface area contributed by atoms with Crippen LogP contribution in [0.5, 0.6) is 5.75 Å². The highest BCUT2D eigenvalue weighted by Crippen LogP contribution is 2.24. The Morgan fingerprint density at radius 3 is 2.62 bits per heavy atom. The lowest BCUT2D eigenvalue weighted by Gasteiger charge is -2.07. The smallest absolute Gasteiger partial charge is 0.310 e. The standard InChI is InChI=1S/C11H13NO4/c1-3-8-7-9(12(14)15)5-6-10(8)16-11(13)4-2/h5-7H,3-4H2,1-2H3. The molecule has 0 spiro atoms. The second kappa shape index (κ2) is 5.25. The molecule has 0 aromatic heterocycles. The number of hydrogen-bond acceptors (Lipinski definition) is 4. The Labute approximate surface area is 93.2 Å². The second-order valence-electron chi connectivity index (χ2n) is 3.23. The molecule has 0 amide bonds. The zero-order valence-corrected chi connectivity index (χ0v) is 9.23. The number of nitrogens with zero attached hydrogens (tertiary/aromatic N) is 1. The predicted octanol–water partition coefficient (Wildman–Crippen LogP) is 2.47. The summed E-state index contributed by atoms with van der Waals surface area (Å²) in [5, 5.41) is 10.6. The molecule has 0 unspecified atom stereocenters. The van der Waals surface area contributed by atoms with Gasteiger partial charge in [-0.25, -0.2) is 0 Å². The van der Waals surface area contributed by atoms with Crippen molar-refractivity contribution in [2.45, 2.75) is 26.7 Å². The number of rotatable bonds is 4. The van der Waals surface area contributed by atoms with Gasteiger partial charge >= 0.3 is 5.97 Å². The SMILES string of the molecule is CCC(=O)Oc1ccc([N+](=O)[O-])cc1CC. The largest absolute Gasteiger partial charge is 0.426 e. The van der Waals surface area contributed by atoms with Crippen molar-refractivity contribution in [3.8, 4) is 5.75 Å². The molecule has 5 nitrogen and oxygen atoms in total. The van der Waals surface area contributed by atoms with Crippen LogP contribution in [0.25, 0.3) is 0 Å². The first kappa shape index (κ1) is 12.2. The Morgan fingerprint density at radius 2 is 2.12 bits per heavy atom. The average Bonchev–Trinajstić information content (AvgIpc) is 2.29. The molecule has 1 aromatic rings. The average molecular weight is 223 g/mol. The molecule has 0 aliphatic heterocycles. The number of nitro groups is 1. The van der Waals surface area contributed by atoms with Crippen molar-refractivity contribution in [2.24, 2.45) is 0 Å². The van der Waals surface area contributed by atoms with Crippen LogP contribution in [0.15, 0.2) is 18.2 Å². The first-order valence-corrected chi connectivity index (χ1v) is 5.06. The van der Waals surface area contributed by atoms with E-state index in [1.807, 2.05) is 6.92 Å². The van der Waals surface area contributed by atoms with E-state index in [0.29, 0.717) is 17.7 Å². The zero-order valence-electron chi connectivity index (χ0n) is 9.23. The third-order valence-corrected chi connectivity index (χ3v) is 2.15. The van der Waals surface area contributed by atoms with Crippen LogP contribution in [0.4, 0.5) is 5.69 Å². The number of non-ortho nitro benzene ring substituents is 1. The summed E-state index contributed by atoms with van der Waals surface area (Å²) < 4.78 is 5.06. The number of hydrogen-bond donors (Lipinski definition) is 0. The molecule has 0 heterocycles. The fraction of sp³-hybridized carbons (Fsp3) is 0.364. The molecule has 0 N–H and O–H groups in total. The molecule has 0 aliphatic rings. The van der Waals surface area contributed by atoms with E-state index in [1.165, 1.54) is 18.2 Å². The van der Waals surface area contributed by atoms with Gasteiger partial charge in [-0.3, -0.25) is 14.9 Å². The first-order valence-electron chi connectivity index (χ1n) is 5.06. The minimum Gasteiger partial charge on any atom is -0.426 e. The van der Waals surface area contributed by atoms with Crippen LogP contribution in [0.3, 0.4) is 0 Å². The lowest BCUT2D eigenvalue weighted by atomic mass is 10.1. The van der Waals surface area contributed by atoms with Crippen LogP contribution in [0.1, 0.15) is 25.8 Å². The third kappa shape index (κ3) is 2.79. The number of nitro benzene ring substituents is 1. The van der Waals surface area contributed by atoms with E-state index < -0.39 is 4.92 Å². The molecular weight excluding hydrogens is 210 g/mol. The fourth-order valence-corrected chi connectivity index (χ4v) is 1.25. The van der Waals surface area contributed by atoms with E-state index in [9.17, 15) is 14.9 Å². The number of carbonyl (C=O) groups is 1. The minimum absolute atomic E-state index is 0.00754. The maximum absolute atomic E-state index is 11.1. The number of aryl methyl sites for hydroxylation is 1. The van der Waals surface area contributed by atoms with Gasteiger partial charge in [0, 0.05) is 24.1 Å². The topological polar surface area (TPSA) is 69.4 Å². The second-order valence-corrected chi connectivity index (χ2v) is 3.23. The Morgan fingerprint density at radius 1 is 1.44 bits per heavy atom. The van der Waals surface area contributed by atoms with Crippen LogP contribution < -0.4 is 4.74 Å². The maximum Gasteiger partial charge on any atom is 0.310 e. The Hall–Kier alpha value is -1.91. The summed E-state index contributed by atoms with van der Waals surface area (Å²) in [7, 11) is 0. The van der Waals surface area contributed by atoms with Crippen molar-refractivity contribution >= 4 is 11.7 Å². The van der Waals surface area contributed by atoms with Gasteiger partial charge in [-0.2, -0.15) is 0 Å². The van der Waals surface area contributed by atoms with E-state index in [1.54, 1.807) is 6.92 Å². The number of carbonyl (C=O) groups excluding carboxylic acids is 1. The van der Waals surface area contributed by atoms with Crippen LogP contribution >= 0.6 is 0 Å². The highest BCUT2D eigenvalue weighted by atomic mass is 16.6. The van der Waals surface area contributed by atoms with E-state index in [4.69, 9.17) is 4.74 Å². The molecule has 1 rings (SSSR count). The van der Waals surface area contributed by atoms with Crippen molar-refractivity contribution in [3.63, 3.8) is 0 Å². The summed E-state index contributed by atoms with van der Waals surface area (Å²) in [5.74, 6) is 0.0588. The summed E-state index contributed by atoms with van der Waals surface area (Å²) in [4.78, 5) is 21.2. The molecule has 0 bridgehead atoms. The van der Waals surface area contributed by atoms with Gasteiger partial charge in [0.2, 0.25) is 0 Å². The van der Waals surface area contributed by atoms with Gasteiger partial charge < -0.3 is 4.74 Å². The van der Waals surface area contributed by atoms with Crippen molar-refractivity contribution in [2.75, 3.05) is 0 Å². The monoisotopic (exact) mass is 223 g/mol. The Balaban J connectivity index is 3.02. The lowest BCUT2D eigenvalue weighted by Crippen LogP contribution is -2.07. The van der Waals surface area contributed by atoms with E-state index in [2.05, 4.69) is 0 Å². The molecule has 0 saturated carbocycles. The van der Waals surface area contributed by atoms with Gasteiger partial charge in [0.1, 0.15) is 5.75 Å². The van der Waals surface area contributed by atoms with Crippen LogP contribution in [-0.4, -0.2) is 10.9 Å². The van der Waals surface area contributed by atoms with E-state index in [-0.39, 0.29) is 18.1 Å². The lowest BCUT2D eigenvalue weighted by molar-refractivity contribution is -0.384. The maximum atomic E-state index is 11.1. The van der Waals surface area contributed by atoms with Gasteiger partial charge in [0.25, 0.3) is 5.69 Å². The molecule has 0 atom stereocenters. The predicted molar refractivity (Wildman–Crippen MR) is 58.4 cm³/mol. The number of benzene rings is 1. The van der Waals surface area contributed by atoms with Crippen LogP contribution in [0.2, 0.25) is 0 Å². The quantitative estimate of drug-likeness (QED) is 0.340. The highest BCUT2D eigenvalue weighted by molar-refractivity contribution is 5.72. The van der Waals surface area contributed by atoms with Crippen LogP contribution in [-0.2, 0) is 11.2 Å². The van der Waals surface area contributed by atoms with E-state index in [0.717, 1.165) is 0 Å². The highest BCUT2D eigenvalue weighted by Gasteiger charge is 2.12. The number of ether oxygens (including phenoxy) is 1. The molecule has 0 aliphatic carbocycles. The summed E-state index contributed by atoms with van der Waals surface area (Å²) in [5.41, 5.74) is 0.671. The summed E-state index contributed by atoms with van der Waals surface area (Å²) in [6, 6.07) is 4.22. The summed E-state index contributed by atoms with van der Waals surface area (Å²) in [6.45, 7) is 3.54. The molecule has 86 valence electrons. The van der Waals surface area contributed by atoms with Gasteiger partial charge in [-0.05, 0) is 12.5 Å². The minimum atomic E-state index is -0.468. The normalized spacial score (nSPS) is 9.88. The van der Waals surface area contributed by atoms with Gasteiger partial charge in [0.05, 0.1) is 4.92 Å². The number of esters is 1. The Bertz CT molecular complexity index is 414. The van der Waals surface area contributed by atoms with Gasteiger partial charge in [-0.15, -0.1) is 0 Å². The summed E-state index contributed by atoms with van der Waals surface area (Å²) >= 11 is 0. The molecule has 0 fully saturated rings. The molecule has 0 saturated heterocycles. The first-order chi connectivity index (χ1) is 7.58. The van der Waals surface area contributed by atoms with Gasteiger partial charge in [-0.1, -0.05) is 13.8 Å². The van der Waals surface area contributed by atoms with Crippen LogP contribution in [0, 0.1) is 10.1 Å². The molecule has 0 radical (unpaired) electrons. The van der Waals surface area contributed by atoms with E-state index >= 15 is 0 Å². The van der Waals surface area contributed by atoms with Crippen molar-refractivity contribution < 1.29 is 14.5 Å². The zero-order chi connectivity index (χ0) is 12.1. The molecular formula is C11H13NO4.